The highest BCUT2D eigenvalue weighted by Crippen LogP contribution is 1.70. The lowest BCUT2D eigenvalue weighted by Crippen LogP contribution is -2.34. The molecule has 4 heteroatoms. The van der Waals surface area contributed by atoms with E-state index >= 15 is 0 Å². The van der Waals surface area contributed by atoms with Gasteiger partial charge in [0, 0.05) is 0 Å². The smallest absolute Gasteiger partial charge is 0.256 e. The first-order valence-electron chi connectivity index (χ1n) is 1.69. The van der Waals surface area contributed by atoms with Crippen molar-refractivity contribution in [3.8, 4) is 0 Å². The highest BCUT2D eigenvalue weighted by molar-refractivity contribution is 5.79. The maximum atomic E-state index is 9.89. The molecule has 0 saturated heterocycles. The molecule has 0 spiro atoms. The molecule has 0 aliphatic heterocycles. The Morgan fingerprint density at radius 1 is 1.86 bits per heavy atom. The van der Waals surface area contributed by atoms with Crippen LogP contribution in [0.3, 0.4) is 0 Å². The van der Waals surface area contributed by atoms with E-state index < -0.39 is 12.1 Å². The first-order valence-corrected chi connectivity index (χ1v) is 1.69. The lowest BCUT2D eigenvalue weighted by Gasteiger charge is -1.94. The van der Waals surface area contributed by atoms with E-state index in [-0.39, 0.29) is 0 Å². The van der Waals surface area contributed by atoms with Crippen LogP contribution in [0.1, 0.15) is 0 Å². The van der Waals surface area contributed by atoms with Crippen molar-refractivity contribution in [2.45, 2.75) is 6.17 Å². The Labute approximate surface area is 41.2 Å². The molecule has 0 saturated carbocycles. The van der Waals surface area contributed by atoms with Gasteiger partial charge in [-0.05, 0) is 6.72 Å². The van der Waals surface area contributed by atoms with Crippen molar-refractivity contribution < 1.29 is 4.79 Å². The average Bonchev–Trinajstić information content (AvgIpc) is 1.65. The van der Waals surface area contributed by atoms with Crippen molar-refractivity contribution in [2.24, 2.45) is 16.5 Å². The molecule has 0 fully saturated rings. The molecule has 0 bridgehead atoms. The zero-order valence-corrected chi connectivity index (χ0v) is 3.79. The van der Waals surface area contributed by atoms with Gasteiger partial charge < -0.3 is 11.5 Å². The summed E-state index contributed by atoms with van der Waals surface area (Å²) in [6, 6.07) is 0. The van der Waals surface area contributed by atoms with Crippen molar-refractivity contribution in [1.82, 2.24) is 0 Å². The summed E-state index contributed by atoms with van der Waals surface area (Å²) in [5.74, 6) is -0.657. The molecule has 0 radical (unpaired) electrons. The fourth-order valence-corrected chi connectivity index (χ4v) is 0.0900. The molecule has 7 heavy (non-hydrogen) atoms. The molecule has 0 heterocycles. The fraction of sp³-hybridized carbons (Fsp3) is 0.333. The molecule has 0 aliphatic carbocycles. The third-order valence-electron chi connectivity index (χ3n) is 0.488. The quantitative estimate of drug-likeness (QED) is 0.413. The molecule has 40 valence electrons. The molecular weight excluding hydrogens is 94.1 g/mol. The third kappa shape index (κ3) is 1.88. The van der Waals surface area contributed by atoms with E-state index in [2.05, 4.69) is 17.4 Å². The van der Waals surface area contributed by atoms with Crippen LogP contribution < -0.4 is 11.5 Å². The number of rotatable bonds is 2. The third-order valence-corrected chi connectivity index (χ3v) is 0.488. The summed E-state index contributed by atoms with van der Waals surface area (Å²) >= 11 is 0. The van der Waals surface area contributed by atoms with Crippen LogP contribution in [0.5, 0.6) is 0 Å². The molecule has 0 aromatic rings. The summed E-state index contributed by atoms with van der Waals surface area (Å²) in [6.45, 7) is 3.01. The highest BCUT2D eigenvalue weighted by Gasteiger charge is 2.01. The molecule has 4 N–H and O–H groups in total. The van der Waals surface area contributed by atoms with E-state index in [1.165, 1.54) is 0 Å². The van der Waals surface area contributed by atoms with Gasteiger partial charge >= 0.3 is 0 Å². The first kappa shape index (κ1) is 6.10. The SMILES string of the molecule is C=NC(N)C(N)=O. The number of hydrogen-bond acceptors (Lipinski definition) is 3. The number of nitrogens with two attached hydrogens (primary N) is 2. The Kier molecular flexibility index (Phi) is 2.01. The first-order chi connectivity index (χ1) is 3.18. The summed E-state index contributed by atoms with van der Waals surface area (Å²) in [5.41, 5.74) is 9.56. The molecule has 1 unspecified atom stereocenters. The maximum Gasteiger partial charge on any atom is 0.256 e. The number of aliphatic imine (C=N–C) groups is 1. The van der Waals surface area contributed by atoms with Crippen LogP contribution in [-0.2, 0) is 4.79 Å². The zero-order chi connectivity index (χ0) is 5.86. The van der Waals surface area contributed by atoms with E-state index in [9.17, 15) is 4.79 Å². The van der Waals surface area contributed by atoms with E-state index in [1.807, 2.05) is 0 Å². The summed E-state index contributed by atoms with van der Waals surface area (Å²) in [7, 11) is 0. The lowest BCUT2D eigenvalue weighted by atomic mass is 10.5. The molecular formula is C3H7N3O. The summed E-state index contributed by atoms with van der Waals surface area (Å²) in [5, 5.41) is 0. The second-order valence-corrected chi connectivity index (χ2v) is 1.03. The van der Waals surface area contributed by atoms with Crippen molar-refractivity contribution in [2.75, 3.05) is 0 Å². The zero-order valence-electron chi connectivity index (χ0n) is 3.79. The summed E-state index contributed by atoms with van der Waals surface area (Å²) in [6.07, 6.45) is -0.944. The number of primary amides is 1. The number of carbonyl (C=O) groups excluding carboxylic acids is 1. The van der Waals surface area contributed by atoms with Crippen molar-refractivity contribution in [3.05, 3.63) is 0 Å². The van der Waals surface area contributed by atoms with Gasteiger partial charge in [0.05, 0.1) is 0 Å². The topological polar surface area (TPSA) is 81.5 Å². The number of hydrogen-bond donors (Lipinski definition) is 2. The summed E-state index contributed by atoms with van der Waals surface area (Å²) in [4.78, 5) is 13.0. The van der Waals surface area contributed by atoms with Crippen LogP contribution in [0, 0.1) is 0 Å². The normalized spacial score (nSPS) is 12.7. The monoisotopic (exact) mass is 101 g/mol. The Morgan fingerprint density at radius 2 is 2.29 bits per heavy atom. The second-order valence-electron chi connectivity index (χ2n) is 1.03. The van der Waals surface area contributed by atoms with Gasteiger partial charge in [-0.15, -0.1) is 0 Å². The van der Waals surface area contributed by atoms with Crippen LogP contribution in [-0.4, -0.2) is 18.8 Å². The average molecular weight is 101 g/mol. The second kappa shape index (κ2) is 2.30. The van der Waals surface area contributed by atoms with Crippen molar-refractivity contribution in [3.63, 3.8) is 0 Å². The van der Waals surface area contributed by atoms with Gasteiger partial charge in [-0.1, -0.05) is 0 Å². The van der Waals surface area contributed by atoms with Crippen LogP contribution in [0.25, 0.3) is 0 Å². The van der Waals surface area contributed by atoms with Gasteiger partial charge in [0.25, 0.3) is 5.91 Å². The van der Waals surface area contributed by atoms with Gasteiger partial charge in [-0.2, -0.15) is 0 Å². The molecule has 0 aliphatic rings. The van der Waals surface area contributed by atoms with E-state index in [4.69, 9.17) is 5.73 Å². The standard InChI is InChI=1S/C3H7N3O/c1-6-2(4)3(5)7/h2H,1,4H2,(H2,5,7). The van der Waals surface area contributed by atoms with Crippen molar-refractivity contribution in [1.29, 1.82) is 0 Å². The molecule has 0 aromatic carbocycles. The molecule has 1 atom stereocenters. The predicted octanol–water partition coefficient (Wildman–Crippen LogP) is -1.54. The molecule has 0 rings (SSSR count). The van der Waals surface area contributed by atoms with Crippen LogP contribution in [0.2, 0.25) is 0 Å². The molecule has 0 aromatic heterocycles. The fourth-order valence-electron chi connectivity index (χ4n) is 0.0900. The van der Waals surface area contributed by atoms with Crippen molar-refractivity contribution >= 4 is 12.6 Å². The van der Waals surface area contributed by atoms with Crippen LogP contribution >= 0.6 is 0 Å². The van der Waals surface area contributed by atoms with Gasteiger partial charge in [-0.3, -0.25) is 9.79 Å². The molecule has 1 amide bonds. The Bertz CT molecular complexity index is 90.2. The minimum absolute atomic E-state index is 0.657. The van der Waals surface area contributed by atoms with E-state index in [1.54, 1.807) is 0 Å². The largest absolute Gasteiger partial charge is 0.367 e. The van der Waals surface area contributed by atoms with E-state index in [0.29, 0.717) is 0 Å². The van der Waals surface area contributed by atoms with Crippen LogP contribution in [0.15, 0.2) is 4.99 Å². The number of carbonyl (C=O) groups is 1. The maximum absolute atomic E-state index is 9.89. The summed E-state index contributed by atoms with van der Waals surface area (Å²) < 4.78 is 0. The van der Waals surface area contributed by atoms with Gasteiger partial charge in [0.2, 0.25) is 0 Å². The minimum atomic E-state index is -0.944. The highest BCUT2D eigenvalue weighted by atomic mass is 16.1. The lowest BCUT2D eigenvalue weighted by molar-refractivity contribution is -0.119. The number of nitrogens with zero attached hydrogens (tertiary/aromatic N) is 1. The Morgan fingerprint density at radius 3 is 2.29 bits per heavy atom. The van der Waals surface area contributed by atoms with Gasteiger partial charge in [-0.25, -0.2) is 0 Å². The Hall–Kier alpha value is -0.900. The van der Waals surface area contributed by atoms with Gasteiger partial charge in [0.1, 0.15) is 0 Å². The minimum Gasteiger partial charge on any atom is -0.367 e. The molecule has 4 nitrogen and oxygen atoms in total. The number of amides is 1. The van der Waals surface area contributed by atoms with Crippen LogP contribution in [0.4, 0.5) is 0 Å². The Balaban J connectivity index is 3.55. The predicted molar refractivity (Wildman–Crippen MR) is 26.7 cm³/mol. The van der Waals surface area contributed by atoms with E-state index in [0.717, 1.165) is 0 Å². The van der Waals surface area contributed by atoms with Gasteiger partial charge in [0.15, 0.2) is 6.17 Å².